The van der Waals surface area contributed by atoms with E-state index in [9.17, 15) is 0 Å². The van der Waals surface area contributed by atoms with E-state index in [0.29, 0.717) is 12.1 Å². The smallest absolute Gasteiger partial charge is 0.0839 e. The summed E-state index contributed by atoms with van der Waals surface area (Å²) in [5, 5.41) is 3.72. The lowest BCUT2D eigenvalue weighted by molar-refractivity contribution is -0.147. The molecule has 3 heterocycles. The van der Waals surface area contributed by atoms with E-state index in [2.05, 4.69) is 31.0 Å². The van der Waals surface area contributed by atoms with Crippen LogP contribution in [0.1, 0.15) is 46.5 Å². The average molecular weight is 238 g/mol. The Labute approximate surface area is 105 Å². The molecule has 1 spiro atoms. The van der Waals surface area contributed by atoms with Gasteiger partial charge >= 0.3 is 0 Å². The number of nitrogens with zero attached hydrogens (tertiary/aromatic N) is 1. The van der Waals surface area contributed by atoms with Crippen molar-refractivity contribution in [2.45, 2.75) is 69.7 Å². The van der Waals surface area contributed by atoms with Gasteiger partial charge in [-0.15, -0.1) is 0 Å². The quantitative estimate of drug-likeness (QED) is 0.696. The average Bonchev–Trinajstić information content (AvgIpc) is 2.58. The molecule has 17 heavy (non-hydrogen) atoms. The van der Waals surface area contributed by atoms with E-state index in [1.807, 2.05) is 0 Å². The Morgan fingerprint density at radius 1 is 1.18 bits per heavy atom. The SMILES string of the molecule is CC(C)(C)N1CCOC2(C[C@H]3CC[C@@H](C2)N3)C1. The highest BCUT2D eigenvalue weighted by Gasteiger charge is 2.48. The first-order valence-corrected chi connectivity index (χ1v) is 7.12. The van der Waals surface area contributed by atoms with Gasteiger partial charge in [-0.05, 0) is 46.5 Å². The molecule has 0 radical (unpaired) electrons. The van der Waals surface area contributed by atoms with Crippen LogP contribution in [0.3, 0.4) is 0 Å². The fourth-order valence-corrected chi connectivity index (χ4v) is 3.87. The second kappa shape index (κ2) is 3.94. The van der Waals surface area contributed by atoms with E-state index in [1.54, 1.807) is 0 Å². The summed E-state index contributed by atoms with van der Waals surface area (Å²) < 4.78 is 6.23. The third kappa shape index (κ3) is 2.25. The molecule has 3 aliphatic rings. The maximum absolute atomic E-state index is 6.23. The number of piperidine rings is 1. The van der Waals surface area contributed by atoms with Crippen LogP contribution in [0, 0.1) is 0 Å². The van der Waals surface area contributed by atoms with Crippen LogP contribution in [0.4, 0.5) is 0 Å². The molecule has 0 aromatic rings. The molecule has 3 nitrogen and oxygen atoms in total. The molecular weight excluding hydrogens is 212 g/mol. The number of morpholine rings is 1. The molecule has 1 N–H and O–H groups in total. The summed E-state index contributed by atoms with van der Waals surface area (Å²) in [5.41, 5.74) is 0.434. The molecule has 0 aromatic carbocycles. The fourth-order valence-electron chi connectivity index (χ4n) is 3.87. The molecular formula is C14H26N2O. The lowest BCUT2D eigenvalue weighted by atomic mass is 9.84. The van der Waals surface area contributed by atoms with Crippen LogP contribution in [-0.4, -0.2) is 47.8 Å². The zero-order chi connectivity index (χ0) is 12.1. The molecule has 3 fully saturated rings. The van der Waals surface area contributed by atoms with E-state index in [0.717, 1.165) is 19.7 Å². The monoisotopic (exact) mass is 238 g/mol. The summed E-state index contributed by atoms with van der Waals surface area (Å²) in [7, 11) is 0. The van der Waals surface area contributed by atoms with Gasteiger partial charge in [0.1, 0.15) is 0 Å². The van der Waals surface area contributed by atoms with Crippen LogP contribution in [-0.2, 0) is 4.74 Å². The van der Waals surface area contributed by atoms with Crippen molar-refractivity contribution in [3.63, 3.8) is 0 Å². The summed E-state index contributed by atoms with van der Waals surface area (Å²) in [6, 6.07) is 1.43. The van der Waals surface area contributed by atoms with Crippen molar-refractivity contribution in [2.75, 3.05) is 19.7 Å². The Balaban J connectivity index is 1.74. The molecule has 3 saturated heterocycles. The molecule has 3 atom stereocenters. The highest BCUT2D eigenvalue weighted by molar-refractivity contribution is 5.04. The van der Waals surface area contributed by atoms with E-state index < -0.39 is 0 Å². The van der Waals surface area contributed by atoms with Crippen molar-refractivity contribution in [1.29, 1.82) is 0 Å². The molecule has 3 rings (SSSR count). The van der Waals surface area contributed by atoms with Gasteiger partial charge in [0, 0.05) is 30.7 Å². The highest BCUT2D eigenvalue weighted by Crippen LogP contribution is 2.39. The third-order valence-electron chi connectivity index (χ3n) is 4.77. The summed E-state index contributed by atoms with van der Waals surface area (Å²) in [4.78, 5) is 2.61. The van der Waals surface area contributed by atoms with Gasteiger partial charge < -0.3 is 10.1 Å². The predicted octanol–water partition coefficient (Wildman–Crippen LogP) is 1.77. The summed E-state index contributed by atoms with van der Waals surface area (Å²) in [6.45, 7) is 10.1. The number of ether oxygens (including phenoxy) is 1. The van der Waals surface area contributed by atoms with Gasteiger partial charge in [0.25, 0.3) is 0 Å². The predicted molar refractivity (Wildman–Crippen MR) is 69.2 cm³/mol. The minimum absolute atomic E-state index is 0.155. The molecule has 0 amide bonds. The summed E-state index contributed by atoms with van der Waals surface area (Å²) >= 11 is 0. The Morgan fingerprint density at radius 3 is 2.41 bits per heavy atom. The summed E-state index contributed by atoms with van der Waals surface area (Å²) in [6.07, 6.45) is 5.14. The van der Waals surface area contributed by atoms with Gasteiger partial charge in [0.15, 0.2) is 0 Å². The van der Waals surface area contributed by atoms with Crippen LogP contribution < -0.4 is 5.32 Å². The standard InChI is InChI=1S/C14H26N2O/c1-13(2,3)16-6-7-17-14(10-16)8-11-4-5-12(9-14)15-11/h11-12,15H,4-10H2,1-3H3/t11-,12+,14?. The molecule has 0 aromatic heterocycles. The normalized spacial score (nSPS) is 43.2. The van der Waals surface area contributed by atoms with Gasteiger partial charge in [-0.3, -0.25) is 4.90 Å². The first-order chi connectivity index (χ1) is 7.97. The van der Waals surface area contributed by atoms with Gasteiger partial charge in [-0.25, -0.2) is 0 Å². The van der Waals surface area contributed by atoms with Crippen molar-refractivity contribution < 1.29 is 4.74 Å². The minimum atomic E-state index is 0.155. The first kappa shape index (κ1) is 11.9. The van der Waals surface area contributed by atoms with E-state index >= 15 is 0 Å². The van der Waals surface area contributed by atoms with Crippen LogP contribution in [0.5, 0.6) is 0 Å². The second-order valence-corrected chi connectivity index (χ2v) is 7.17. The molecule has 1 unspecified atom stereocenters. The molecule has 98 valence electrons. The fraction of sp³-hybridized carbons (Fsp3) is 1.00. The number of fused-ring (bicyclic) bond motifs is 2. The van der Waals surface area contributed by atoms with E-state index in [-0.39, 0.29) is 11.1 Å². The number of hydrogen-bond donors (Lipinski definition) is 1. The lowest BCUT2D eigenvalue weighted by Gasteiger charge is -2.51. The number of hydrogen-bond acceptors (Lipinski definition) is 3. The van der Waals surface area contributed by atoms with Gasteiger partial charge in [-0.1, -0.05) is 0 Å². The van der Waals surface area contributed by atoms with E-state index in [1.165, 1.54) is 25.7 Å². The van der Waals surface area contributed by atoms with Crippen molar-refractivity contribution in [1.82, 2.24) is 10.2 Å². The maximum atomic E-state index is 6.23. The molecule has 0 saturated carbocycles. The molecule has 2 bridgehead atoms. The van der Waals surface area contributed by atoms with Gasteiger partial charge in [0.2, 0.25) is 0 Å². The highest BCUT2D eigenvalue weighted by atomic mass is 16.5. The summed E-state index contributed by atoms with van der Waals surface area (Å²) in [5.74, 6) is 0. The van der Waals surface area contributed by atoms with Gasteiger partial charge in [-0.2, -0.15) is 0 Å². The first-order valence-electron chi connectivity index (χ1n) is 7.12. The molecule has 3 aliphatic heterocycles. The molecule has 3 heteroatoms. The molecule has 0 aliphatic carbocycles. The largest absolute Gasteiger partial charge is 0.372 e. The van der Waals surface area contributed by atoms with Crippen molar-refractivity contribution in [3.8, 4) is 0 Å². The van der Waals surface area contributed by atoms with Gasteiger partial charge in [0.05, 0.1) is 12.2 Å². The van der Waals surface area contributed by atoms with Crippen molar-refractivity contribution in [2.24, 2.45) is 0 Å². The number of nitrogens with one attached hydrogen (secondary N) is 1. The number of rotatable bonds is 0. The van der Waals surface area contributed by atoms with Crippen LogP contribution >= 0.6 is 0 Å². The van der Waals surface area contributed by atoms with Crippen LogP contribution in [0.25, 0.3) is 0 Å². The Morgan fingerprint density at radius 2 is 1.82 bits per heavy atom. The second-order valence-electron chi connectivity index (χ2n) is 7.17. The zero-order valence-corrected chi connectivity index (χ0v) is 11.5. The van der Waals surface area contributed by atoms with Crippen LogP contribution in [0.15, 0.2) is 0 Å². The van der Waals surface area contributed by atoms with Crippen molar-refractivity contribution >= 4 is 0 Å². The minimum Gasteiger partial charge on any atom is -0.372 e. The zero-order valence-electron chi connectivity index (χ0n) is 11.5. The maximum Gasteiger partial charge on any atom is 0.0839 e. The van der Waals surface area contributed by atoms with E-state index in [4.69, 9.17) is 4.74 Å². The lowest BCUT2D eigenvalue weighted by Crippen LogP contribution is -2.62. The van der Waals surface area contributed by atoms with Crippen molar-refractivity contribution in [3.05, 3.63) is 0 Å². The van der Waals surface area contributed by atoms with Crippen LogP contribution in [0.2, 0.25) is 0 Å². The Bertz CT molecular complexity index is 285. The Kier molecular flexibility index (Phi) is 2.77. The Hall–Kier alpha value is -0.120. The third-order valence-corrected chi connectivity index (χ3v) is 4.77. The topological polar surface area (TPSA) is 24.5 Å².